The van der Waals surface area contributed by atoms with Gasteiger partial charge in [0.05, 0.1) is 0 Å². The van der Waals surface area contributed by atoms with E-state index in [1.54, 1.807) is 0 Å². The van der Waals surface area contributed by atoms with Crippen molar-refractivity contribution in [3.05, 3.63) is 28.2 Å². The maximum absolute atomic E-state index is 5.93. The Morgan fingerprint density at radius 3 is 2.79 bits per heavy atom. The largest absolute Gasteiger partial charge is 0.367 e. The second-order valence-corrected chi connectivity index (χ2v) is 6.45. The van der Waals surface area contributed by atoms with Gasteiger partial charge in [-0.25, -0.2) is 0 Å². The Hall–Kier alpha value is -0.580. The quantitative estimate of drug-likeness (QED) is 0.907. The highest BCUT2D eigenvalue weighted by atomic mass is 79.9. The summed E-state index contributed by atoms with van der Waals surface area (Å²) in [5.74, 6) is 0. The number of anilines is 1. The molecule has 1 aromatic rings. The molecule has 0 bridgehead atoms. The first kappa shape index (κ1) is 14.8. The second kappa shape index (κ2) is 6.25. The molecular weight excluding hydrogens is 302 g/mol. The van der Waals surface area contributed by atoms with Crippen LogP contribution in [0.25, 0.3) is 0 Å². The number of benzene rings is 1. The summed E-state index contributed by atoms with van der Waals surface area (Å²) in [7, 11) is 2.18. The van der Waals surface area contributed by atoms with Crippen molar-refractivity contribution in [2.75, 3.05) is 31.6 Å². The van der Waals surface area contributed by atoms with Gasteiger partial charge in [-0.05, 0) is 45.0 Å². The minimum absolute atomic E-state index is 0.435. The minimum Gasteiger partial charge on any atom is -0.367 e. The van der Waals surface area contributed by atoms with Gasteiger partial charge in [-0.15, -0.1) is 0 Å². The van der Waals surface area contributed by atoms with Gasteiger partial charge < -0.3 is 15.5 Å². The first-order chi connectivity index (χ1) is 9.02. The number of hydrogen-bond donors (Lipinski definition) is 1. The highest BCUT2D eigenvalue weighted by Gasteiger charge is 2.26. The van der Waals surface area contributed by atoms with Crippen LogP contribution in [0, 0.1) is 6.92 Å². The molecular formula is C15H24BrN3. The zero-order chi connectivity index (χ0) is 14.0. The third-order valence-corrected chi connectivity index (χ3v) is 5.08. The predicted octanol–water partition coefficient (Wildman–Crippen LogP) is 2.62. The van der Waals surface area contributed by atoms with Crippen molar-refractivity contribution >= 4 is 21.6 Å². The van der Waals surface area contributed by atoms with Crippen molar-refractivity contribution in [2.24, 2.45) is 5.73 Å². The van der Waals surface area contributed by atoms with Crippen molar-refractivity contribution in [1.29, 1.82) is 0 Å². The van der Waals surface area contributed by atoms with Crippen LogP contribution in [0.5, 0.6) is 0 Å². The molecule has 0 aliphatic carbocycles. The second-order valence-electron chi connectivity index (χ2n) is 5.59. The van der Waals surface area contributed by atoms with Gasteiger partial charge in [0.25, 0.3) is 0 Å². The number of likely N-dealkylation sites (N-methyl/N-ethyl adjacent to an activating group) is 1. The van der Waals surface area contributed by atoms with E-state index in [2.05, 4.69) is 64.8 Å². The van der Waals surface area contributed by atoms with E-state index in [4.69, 9.17) is 5.73 Å². The molecule has 0 spiro atoms. The third-order valence-electron chi connectivity index (χ3n) is 4.22. The molecule has 0 amide bonds. The Morgan fingerprint density at radius 1 is 1.42 bits per heavy atom. The maximum Gasteiger partial charge on any atom is 0.0390 e. The average molecular weight is 326 g/mol. The Kier molecular flexibility index (Phi) is 4.87. The molecule has 2 atom stereocenters. The summed E-state index contributed by atoms with van der Waals surface area (Å²) < 4.78 is 1.18. The Morgan fingerprint density at radius 2 is 2.16 bits per heavy atom. The molecule has 4 heteroatoms. The maximum atomic E-state index is 5.93. The van der Waals surface area contributed by atoms with E-state index in [9.17, 15) is 0 Å². The van der Waals surface area contributed by atoms with Gasteiger partial charge in [0.2, 0.25) is 0 Å². The zero-order valence-corrected chi connectivity index (χ0v) is 13.7. The Bertz CT molecular complexity index is 435. The van der Waals surface area contributed by atoms with Crippen molar-refractivity contribution < 1.29 is 0 Å². The number of nitrogens with zero attached hydrogens (tertiary/aromatic N) is 2. The van der Waals surface area contributed by atoms with Crippen LogP contribution in [0.2, 0.25) is 0 Å². The molecule has 2 rings (SSSR count). The number of halogens is 1. The molecule has 106 valence electrons. The fourth-order valence-electron chi connectivity index (χ4n) is 2.65. The summed E-state index contributed by atoms with van der Waals surface area (Å²) in [5, 5.41) is 0. The fraction of sp³-hybridized carbons (Fsp3) is 0.600. The number of nitrogens with two attached hydrogens (primary N) is 1. The SMILES string of the molecule is Cc1ccc(N2CC(CN)N(C)CCC2C)cc1Br. The van der Waals surface area contributed by atoms with Gasteiger partial charge in [-0.3, -0.25) is 0 Å². The van der Waals surface area contributed by atoms with Crippen LogP contribution < -0.4 is 10.6 Å². The van der Waals surface area contributed by atoms with Gasteiger partial charge in [-0.1, -0.05) is 22.0 Å². The van der Waals surface area contributed by atoms with E-state index in [1.165, 1.54) is 22.1 Å². The van der Waals surface area contributed by atoms with Crippen molar-refractivity contribution in [3.8, 4) is 0 Å². The van der Waals surface area contributed by atoms with Gasteiger partial charge in [0.1, 0.15) is 0 Å². The first-order valence-corrected chi connectivity index (χ1v) is 7.75. The summed E-state index contributed by atoms with van der Waals surface area (Å²) in [4.78, 5) is 4.88. The minimum atomic E-state index is 0.435. The summed E-state index contributed by atoms with van der Waals surface area (Å²) in [6, 6.07) is 7.61. The molecule has 1 heterocycles. The van der Waals surface area contributed by atoms with Crippen molar-refractivity contribution in [2.45, 2.75) is 32.4 Å². The Balaban J connectivity index is 2.27. The van der Waals surface area contributed by atoms with Crippen LogP contribution in [-0.4, -0.2) is 43.7 Å². The molecule has 1 aliphatic heterocycles. The third kappa shape index (κ3) is 3.30. The number of hydrogen-bond acceptors (Lipinski definition) is 3. The highest BCUT2D eigenvalue weighted by molar-refractivity contribution is 9.10. The molecule has 1 aromatic carbocycles. The van der Waals surface area contributed by atoms with E-state index in [0.29, 0.717) is 18.6 Å². The van der Waals surface area contributed by atoms with Crippen LogP contribution in [-0.2, 0) is 0 Å². The van der Waals surface area contributed by atoms with Crippen molar-refractivity contribution in [3.63, 3.8) is 0 Å². The van der Waals surface area contributed by atoms with Crippen LogP contribution >= 0.6 is 15.9 Å². The van der Waals surface area contributed by atoms with Crippen LogP contribution in [0.1, 0.15) is 18.9 Å². The van der Waals surface area contributed by atoms with E-state index in [1.807, 2.05) is 0 Å². The highest BCUT2D eigenvalue weighted by Crippen LogP contribution is 2.27. The molecule has 0 aromatic heterocycles. The Labute approximate surface area is 124 Å². The molecule has 1 saturated heterocycles. The average Bonchev–Trinajstić information content (AvgIpc) is 2.53. The van der Waals surface area contributed by atoms with E-state index in [-0.39, 0.29) is 0 Å². The smallest absolute Gasteiger partial charge is 0.0390 e. The van der Waals surface area contributed by atoms with E-state index < -0.39 is 0 Å². The fourth-order valence-corrected chi connectivity index (χ4v) is 3.02. The lowest BCUT2D eigenvalue weighted by Gasteiger charge is -2.32. The topological polar surface area (TPSA) is 32.5 Å². The van der Waals surface area contributed by atoms with Crippen LogP contribution in [0.15, 0.2) is 22.7 Å². The lowest BCUT2D eigenvalue weighted by atomic mass is 10.1. The van der Waals surface area contributed by atoms with Crippen LogP contribution in [0.4, 0.5) is 5.69 Å². The first-order valence-electron chi connectivity index (χ1n) is 6.96. The molecule has 2 N–H and O–H groups in total. The van der Waals surface area contributed by atoms with Crippen LogP contribution in [0.3, 0.4) is 0 Å². The molecule has 0 radical (unpaired) electrons. The molecule has 0 saturated carbocycles. The lowest BCUT2D eigenvalue weighted by Crippen LogP contribution is -2.45. The number of aryl methyl sites for hydroxylation is 1. The van der Waals surface area contributed by atoms with Crippen molar-refractivity contribution in [1.82, 2.24) is 4.90 Å². The monoisotopic (exact) mass is 325 g/mol. The number of rotatable bonds is 2. The summed E-state index contributed by atoms with van der Waals surface area (Å²) >= 11 is 3.63. The standard InChI is InChI=1S/C15H24BrN3/c1-11-4-5-13(8-15(11)16)19-10-14(9-17)18(3)7-6-12(19)2/h4-5,8,12,14H,6-7,9-10,17H2,1-3H3. The predicted molar refractivity (Wildman–Crippen MR) is 85.8 cm³/mol. The molecule has 1 fully saturated rings. The zero-order valence-electron chi connectivity index (χ0n) is 12.1. The van der Waals surface area contributed by atoms with E-state index in [0.717, 1.165) is 13.1 Å². The molecule has 2 unspecified atom stereocenters. The van der Waals surface area contributed by atoms with Gasteiger partial charge >= 0.3 is 0 Å². The van der Waals surface area contributed by atoms with Gasteiger partial charge in [-0.2, -0.15) is 0 Å². The molecule has 1 aliphatic rings. The normalized spacial score (nSPS) is 25.4. The summed E-state index contributed by atoms with van der Waals surface area (Å²) in [6.45, 7) is 7.26. The van der Waals surface area contributed by atoms with Gasteiger partial charge in [0.15, 0.2) is 0 Å². The molecule has 3 nitrogen and oxygen atoms in total. The summed E-state index contributed by atoms with van der Waals surface area (Å²) in [6.07, 6.45) is 1.18. The lowest BCUT2D eigenvalue weighted by molar-refractivity contribution is 0.265. The molecule has 19 heavy (non-hydrogen) atoms. The van der Waals surface area contributed by atoms with E-state index >= 15 is 0 Å². The van der Waals surface area contributed by atoms with Gasteiger partial charge in [0, 0.05) is 41.9 Å². The summed E-state index contributed by atoms with van der Waals surface area (Å²) in [5.41, 5.74) is 8.49.